The molecule has 0 saturated carbocycles. The molecule has 0 aliphatic carbocycles. The smallest absolute Gasteiger partial charge is 0.245 e. The average molecular weight is 521 g/mol. The van der Waals surface area contributed by atoms with Crippen LogP contribution in [-0.4, -0.2) is 59.8 Å². The van der Waals surface area contributed by atoms with Crippen molar-refractivity contribution in [1.82, 2.24) is 19.1 Å². The van der Waals surface area contributed by atoms with Crippen LogP contribution in [0.5, 0.6) is 0 Å². The zero-order chi connectivity index (χ0) is 25.2. The summed E-state index contributed by atoms with van der Waals surface area (Å²) in [5.41, 5.74) is 1.43. The number of aryl methyl sites for hydroxylation is 1. The SMILES string of the molecule is Cc1cccc(Cl)c1S(=O)(=O)N1CCn2cccc2C1CC(=O)NCCCN1C(C)CCCC1C. The Morgan fingerprint density at radius 3 is 2.57 bits per heavy atom. The number of hydrogen-bond donors (Lipinski definition) is 1. The van der Waals surface area contributed by atoms with Gasteiger partial charge in [0.2, 0.25) is 15.9 Å². The third-order valence-electron chi connectivity index (χ3n) is 7.52. The van der Waals surface area contributed by atoms with Crippen LogP contribution in [-0.2, 0) is 21.4 Å². The quantitative estimate of drug-likeness (QED) is 0.525. The van der Waals surface area contributed by atoms with E-state index in [9.17, 15) is 13.2 Å². The van der Waals surface area contributed by atoms with Crippen LogP contribution in [0.3, 0.4) is 0 Å². The predicted molar refractivity (Wildman–Crippen MR) is 139 cm³/mol. The number of carbonyl (C=O) groups is 1. The summed E-state index contributed by atoms with van der Waals surface area (Å²) >= 11 is 6.34. The molecule has 3 heterocycles. The summed E-state index contributed by atoms with van der Waals surface area (Å²) in [6.07, 6.45) is 6.63. The summed E-state index contributed by atoms with van der Waals surface area (Å²) in [5.74, 6) is -0.138. The van der Waals surface area contributed by atoms with Crippen molar-refractivity contribution in [3.8, 4) is 0 Å². The fourth-order valence-electron chi connectivity index (χ4n) is 5.65. The molecule has 0 bridgehead atoms. The third kappa shape index (κ3) is 5.61. The van der Waals surface area contributed by atoms with Gasteiger partial charge in [-0.3, -0.25) is 9.69 Å². The number of benzene rings is 1. The van der Waals surface area contributed by atoms with Crippen molar-refractivity contribution >= 4 is 27.5 Å². The number of likely N-dealkylation sites (tertiary alicyclic amines) is 1. The van der Waals surface area contributed by atoms with Crippen LogP contribution in [0.4, 0.5) is 0 Å². The van der Waals surface area contributed by atoms with Crippen molar-refractivity contribution in [2.24, 2.45) is 0 Å². The lowest BCUT2D eigenvalue weighted by atomic mass is 9.97. The van der Waals surface area contributed by atoms with Crippen molar-refractivity contribution in [2.75, 3.05) is 19.6 Å². The topological polar surface area (TPSA) is 74.6 Å². The van der Waals surface area contributed by atoms with Gasteiger partial charge in [-0.05, 0) is 63.8 Å². The summed E-state index contributed by atoms with van der Waals surface area (Å²) in [4.78, 5) is 15.6. The molecule has 3 unspecified atom stereocenters. The first-order valence-corrected chi connectivity index (χ1v) is 14.5. The van der Waals surface area contributed by atoms with Gasteiger partial charge in [0.1, 0.15) is 4.90 Å². The molecule has 0 spiro atoms. The summed E-state index contributed by atoms with van der Waals surface area (Å²) in [6, 6.07) is 9.47. The maximum absolute atomic E-state index is 13.7. The lowest BCUT2D eigenvalue weighted by Crippen LogP contribution is -2.45. The van der Waals surface area contributed by atoms with E-state index in [0.29, 0.717) is 30.7 Å². The Bertz CT molecular complexity index is 1120. The fourth-order valence-corrected chi connectivity index (χ4v) is 8.03. The van der Waals surface area contributed by atoms with Crippen molar-refractivity contribution < 1.29 is 13.2 Å². The van der Waals surface area contributed by atoms with Crippen LogP contribution < -0.4 is 5.32 Å². The normalized spacial score (nSPS) is 23.7. The molecule has 1 N–H and O–H groups in total. The highest BCUT2D eigenvalue weighted by Gasteiger charge is 2.39. The molecule has 1 aromatic carbocycles. The molecule has 1 amide bonds. The van der Waals surface area contributed by atoms with Crippen LogP contribution in [0.2, 0.25) is 5.02 Å². The maximum atomic E-state index is 13.7. The lowest BCUT2D eigenvalue weighted by molar-refractivity contribution is -0.122. The summed E-state index contributed by atoms with van der Waals surface area (Å²) in [6.45, 7) is 8.67. The first kappa shape index (κ1) is 26.2. The van der Waals surface area contributed by atoms with Gasteiger partial charge in [-0.25, -0.2) is 8.42 Å². The second kappa shape index (κ2) is 11.0. The molecule has 35 heavy (non-hydrogen) atoms. The third-order valence-corrected chi connectivity index (χ3v) is 10.1. The van der Waals surface area contributed by atoms with Gasteiger partial charge in [-0.15, -0.1) is 0 Å². The molecular formula is C26H37ClN4O3S. The first-order valence-electron chi connectivity index (χ1n) is 12.6. The van der Waals surface area contributed by atoms with E-state index in [-0.39, 0.29) is 28.8 Å². The Labute approximate surface area is 214 Å². The largest absolute Gasteiger partial charge is 0.356 e. The predicted octanol–water partition coefficient (Wildman–Crippen LogP) is 4.35. The van der Waals surface area contributed by atoms with Crippen molar-refractivity contribution in [1.29, 1.82) is 0 Å². The summed E-state index contributed by atoms with van der Waals surface area (Å²) in [5, 5.41) is 3.24. The minimum atomic E-state index is -3.89. The number of carbonyl (C=O) groups excluding carboxylic acids is 1. The molecular weight excluding hydrogens is 484 g/mol. The Morgan fingerprint density at radius 2 is 1.86 bits per heavy atom. The molecule has 1 aromatic heterocycles. The highest BCUT2D eigenvalue weighted by molar-refractivity contribution is 7.89. The number of aromatic nitrogens is 1. The molecule has 3 atom stereocenters. The van der Waals surface area contributed by atoms with E-state index in [1.54, 1.807) is 25.1 Å². The van der Waals surface area contributed by atoms with Gasteiger partial charge >= 0.3 is 0 Å². The number of sulfonamides is 1. The average Bonchev–Trinajstić information content (AvgIpc) is 3.27. The van der Waals surface area contributed by atoms with Gasteiger partial charge in [-0.2, -0.15) is 4.31 Å². The molecule has 1 saturated heterocycles. The lowest BCUT2D eigenvalue weighted by Gasteiger charge is -2.39. The first-order chi connectivity index (χ1) is 16.7. The number of nitrogens with zero attached hydrogens (tertiary/aromatic N) is 3. The molecule has 2 aliphatic rings. The molecule has 0 radical (unpaired) electrons. The number of fused-ring (bicyclic) bond motifs is 1. The number of nitrogens with one attached hydrogen (secondary N) is 1. The molecule has 2 aliphatic heterocycles. The second-order valence-corrected chi connectivity index (χ2v) is 12.2. The standard InChI is InChI=1S/C26H37ClN4O3S/c1-19-8-4-11-22(27)26(19)35(33,34)31-17-16-29-14-6-12-23(29)24(31)18-25(32)28-13-7-15-30-20(2)9-5-10-21(30)3/h4,6,8,11-12,14,20-21,24H,5,7,9-10,13,15-18H2,1-3H3,(H,28,32). The van der Waals surface area contributed by atoms with Crippen molar-refractivity contribution in [3.05, 3.63) is 52.8 Å². The van der Waals surface area contributed by atoms with Crippen LogP contribution >= 0.6 is 11.6 Å². The Hall–Kier alpha value is -1.87. The van der Waals surface area contributed by atoms with E-state index in [4.69, 9.17) is 11.6 Å². The molecule has 7 nitrogen and oxygen atoms in total. The summed E-state index contributed by atoms with van der Waals surface area (Å²) < 4.78 is 31.0. The minimum absolute atomic E-state index is 0.0727. The van der Waals surface area contributed by atoms with E-state index in [1.807, 2.05) is 22.9 Å². The minimum Gasteiger partial charge on any atom is -0.356 e. The van der Waals surface area contributed by atoms with Gasteiger partial charge in [0.25, 0.3) is 0 Å². The van der Waals surface area contributed by atoms with E-state index in [2.05, 4.69) is 24.1 Å². The van der Waals surface area contributed by atoms with E-state index >= 15 is 0 Å². The number of piperidine rings is 1. The number of amides is 1. The maximum Gasteiger partial charge on any atom is 0.245 e. The van der Waals surface area contributed by atoms with Gasteiger partial charge < -0.3 is 9.88 Å². The molecule has 2 aromatic rings. The van der Waals surface area contributed by atoms with E-state index < -0.39 is 16.1 Å². The fraction of sp³-hybridized carbons (Fsp3) is 0.577. The van der Waals surface area contributed by atoms with Crippen LogP contribution in [0, 0.1) is 6.92 Å². The zero-order valence-corrected chi connectivity index (χ0v) is 22.5. The Balaban J connectivity index is 1.45. The molecule has 4 rings (SSSR count). The molecule has 1 fully saturated rings. The van der Waals surface area contributed by atoms with Crippen molar-refractivity contribution in [2.45, 2.75) is 82.4 Å². The van der Waals surface area contributed by atoms with Crippen molar-refractivity contribution in [3.63, 3.8) is 0 Å². The number of hydrogen-bond acceptors (Lipinski definition) is 4. The zero-order valence-electron chi connectivity index (χ0n) is 20.9. The summed E-state index contributed by atoms with van der Waals surface area (Å²) in [7, 11) is -3.89. The van der Waals surface area contributed by atoms with Gasteiger partial charge in [0.05, 0.1) is 11.1 Å². The highest BCUT2D eigenvalue weighted by atomic mass is 35.5. The van der Waals surface area contributed by atoms with Gasteiger partial charge in [0, 0.05) is 56.6 Å². The van der Waals surface area contributed by atoms with E-state index in [1.165, 1.54) is 23.6 Å². The van der Waals surface area contributed by atoms with Crippen LogP contribution in [0.1, 0.15) is 63.3 Å². The van der Waals surface area contributed by atoms with Gasteiger partial charge in [0.15, 0.2) is 0 Å². The second-order valence-electron chi connectivity index (χ2n) is 9.92. The number of halogens is 1. The number of rotatable bonds is 8. The molecule has 9 heteroatoms. The van der Waals surface area contributed by atoms with Gasteiger partial charge in [-0.1, -0.05) is 30.2 Å². The Morgan fingerprint density at radius 1 is 1.11 bits per heavy atom. The van der Waals surface area contributed by atoms with E-state index in [0.717, 1.165) is 18.7 Å². The van der Waals surface area contributed by atoms with Crippen LogP contribution in [0.25, 0.3) is 0 Å². The molecule has 192 valence electrons. The monoisotopic (exact) mass is 520 g/mol. The highest BCUT2D eigenvalue weighted by Crippen LogP contribution is 2.37. The Kier molecular flexibility index (Phi) is 8.26. The van der Waals surface area contributed by atoms with Crippen LogP contribution in [0.15, 0.2) is 41.4 Å².